The molecule has 3 aromatic rings. The first-order chi connectivity index (χ1) is 10.1. The molecule has 0 saturated heterocycles. The molecule has 0 saturated carbocycles. The Kier molecular flexibility index (Phi) is 3.80. The summed E-state index contributed by atoms with van der Waals surface area (Å²) in [7, 11) is 0. The molecule has 0 aliphatic carbocycles. The third-order valence-corrected chi connectivity index (χ3v) is 3.76. The number of aromatic amines is 2. The molecule has 8 heteroatoms. The molecule has 0 radical (unpaired) electrons. The minimum Gasteiger partial charge on any atom is -0.467 e. The van der Waals surface area contributed by atoms with Crippen LogP contribution in [0.25, 0.3) is 11.0 Å². The number of H-pyrrole nitrogens is 2. The molecule has 0 unspecified atom stereocenters. The number of hydrogen-bond acceptors (Lipinski definition) is 3. The molecule has 108 valence electrons. The zero-order chi connectivity index (χ0) is 14.8. The molecule has 2 heterocycles. The van der Waals surface area contributed by atoms with E-state index >= 15 is 0 Å². The Bertz CT molecular complexity index is 838. The highest BCUT2D eigenvalue weighted by Crippen LogP contribution is 2.26. The van der Waals surface area contributed by atoms with Crippen LogP contribution >= 0.6 is 28.1 Å². The van der Waals surface area contributed by atoms with Crippen molar-refractivity contribution in [3.05, 3.63) is 51.2 Å². The molecule has 4 N–H and O–H groups in total. The van der Waals surface area contributed by atoms with Crippen molar-refractivity contribution in [3.8, 4) is 0 Å². The third-order valence-electron chi connectivity index (χ3n) is 2.86. The molecule has 3 rings (SSSR count). The molecule has 1 aromatic carbocycles. The summed E-state index contributed by atoms with van der Waals surface area (Å²) in [4.78, 5) is 16.7. The fraction of sp³-hybridized carbons (Fsp3) is 0.0769. The highest BCUT2D eigenvalue weighted by Gasteiger charge is 2.07. The second kappa shape index (κ2) is 5.74. The SMILES string of the molecule is O=c1[nH]c2cc(Br)c(NC(=S)NCc3ccco3)cc2[nH]1. The van der Waals surface area contributed by atoms with Gasteiger partial charge < -0.3 is 25.0 Å². The van der Waals surface area contributed by atoms with Crippen molar-refractivity contribution in [1.29, 1.82) is 0 Å². The quantitative estimate of drug-likeness (QED) is 0.535. The molecule has 0 aliphatic rings. The van der Waals surface area contributed by atoms with Gasteiger partial charge in [-0.15, -0.1) is 0 Å². The van der Waals surface area contributed by atoms with E-state index in [-0.39, 0.29) is 5.69 Å². The Labute approximate surface area is 133 Å². The van der Waals surface area contributed by atoms with Crippen molar-refractivity contribution in [1.82, 2.24) is 15.3 Å². The number of anilines is 1. The number of thiocarbonyl (C=S) groups is 1. The van der Waals surface area contributed by atoms with Gasteiger partial charge in [0.2, 0.25) is 0 Å². The molecule has 2 aromatic heterocycles. The number of imidazole rings is 1. The van der Waals surface area contributed by atoms with Crippen LogP contribution in [0.3, 0.4) is 0 Å². The van der Waals surface area contributed by atoms with Crippen molar-refractivity contribution >= 4 is 50.0 Å². The van der Waals surface area contributed by atoms with E-state index in [2.05, 4.69) is 36.5 Å². The van der Waals surface area contributed by atoms with Gasteiger partial charge in [0, 0.05) is 4.47 Å². The Morgan fingerprint density at radius 3 is 2.81 bits per heavy atom. The predicted octanol–water partition coefficient (Wildman–Crippen LogP) is 2.70. The summed E-state index contributed by atoms with van der Waals surface area (Å²) < 4.78 is 6.01. The highest BCUT2D eigenvalue weighted by atomic mass is 79.9. The molecular weight excluding hydrogens is 356 g/mol. The van der Waals surface area contributed by atoms with Gasteiger partial charge in [-0.2, -0.15) is 0 Å². The van der Waals surface area contributed by atoms with Gasteiger partial charge in [-0.05, 0) is 52.4 Å². The molecule has 0 bridgehead atoms. The van der Waals surface area contributed by atoms with E-state index in [1.807, 2.05) is 18.2 Å². The van der Waals surface area contributed by atoms with Gasteiger partial charge in [-0.25, -0.2) is 4.79 Å². The predicted molar refractivity (Wildman–Crippen MR) is 88.4 cm³/mol. The first-order valence-electron chi connectivity index (χ1n) is 6.10. The maximum Gasteiger partial charge on any atom is 0.323 e. The van der Waals surface area contributed by atoms with E-state index in [9.17, 15) is 4.79 Å². The molecular formula is C13H11BrN4O2S. The topological polar surface area (TPSA) is 85.8 Å². The maximum absolute atomic E-state index is 11.3. The molecule has 0 spiro atoms. The first kappa shape index (κ1) is 13.9. The van der Waals surface area contributed by atoms with Crippen LogP contribution in [-0.2, 0) is 6.54 Å². The normalized spacial score (nSPS) is 10.7. The Morgan fingerprint density at radius 1 is 1.33 bits per heavy atom. The Morgan fingerprint density at radius 2 is 2.10 bits per heavy atom. The van der Waals surface area contributed by atoms with E-state index < -0.39 is 0 Å². The maximum atomic E-state index is 11.3. The number of furan rings is 1. The molecule has 21 heavy (non-hydrogen) atoms. The number of hydrogen-bond donors (Lipinski definition) is 4. The second-order valence-electron chi connectivity index (χ2n) is 4.34. The molecule has 6 nitrogen and oxygen atoms in total. The summed E-state index contributed by atoms with van der Waals surface area (Å²) >= 11 is 8.67. The van der Waals surface area contributed by atoms with E-state index in [1.165, 1.54) is 0 Å². The van der Waals surface area contributed by atoms with Gasteiger partial charge in [0.25, 0.3) is 0 Å². The zero-order valence-electron chi connectivity index (χ0n) is 10.7. The van der Waals surface area contributed by atoms with Crippen molar-refractivity contribution in [2.24, 2.45) is 0 Å². The van der Waals surface area contributed by atoms with Gasteiger partial charge in [-0.3, -0.25) is 0 Å². The van der Waals surface area contributed by atoms with Crippen LogP contribution in [0.5, 0.6) is 0 Å². The first-order valence-corrected chi connectivity index (χ1v) is 7.31. The third kappa shape index (κ3) is 3.17. The smallest absolute Gasteiger partial charge is 0.323 e. The van der Waals surface area contributed by atoms with Crippen molar-refractivity contribution < 1.29 is 4.42 Å². The van der Waals surface area contributed by atoms with Gasteiger partial charge >= 0.3 is 5.69 Å². The molecule has 0 amide bonds. The standard InChI is InChI=1S/C13H11BrN4O2S/c14-8-4-10-11(17-12(19)16-10)5-9(8)18-13(21)15-6-7-2-1-3-20-7/h1-5H,6H2,(H2,15,18,21)(H2,16,17,19). The lowest BCUT2D eigenvalue weighted by atomic mass is 10.3. The van der Waals surface area contributed by atoms with Crippen molar-refractivity contribution in [2.45, 2.75) is 6.54 Å². The van der Waals surface area contributed by atoms with E-state index in [0.29, 0.717) is 17.2 Å². The number of fused-ring (bicyclic) bond motifs is 1. The largest absolute Gasteiger partial charge is 0.467 e. The van der Waals surface area contributed by atoms with Gasteiger partial charge in [0.1, 0.15) is 5.76 Å². The van der Waals surface area contributed by atoms with Gasteiger partial charge in [0.05, 0.1) is 29.5 Å². The summed E-state index contributed by atoms with van der Waals surface area (Å²) in [5, 5.41) is 6.57. The van der Waals surface area contributed by atoms with Crippen LogP contribution in [0.1, 0.15) is 5.76 Å². The summed E-state index contributed by atoms with van der Waals surface area (Å²) in [5.41, 5.74) is 1.95. The van der Waals surface area contributed by atoms with Crippen LogP contribution in [0.4, 0.5) is 5.69 Å². The van der Waals surface area contributed by atoms with Crippen LogP contribution < -0.4 is 16.3 Å². The summed E-state index contributed by atoms with van der Waals surface area (Å²) in [6.45, 7) is 0.500. The Hall–Kier alpha value is -2.06. The average Bonchev–Trinajstić information content (AvgIpc) is 3.05. The zero-order valence-corrected chi connectivity index (χ0v) is 13.1. The van der Waals surface area contributed by atoms with Crippen molar-refractivity contribution in [3.63, 3.8) is 0 Å². The number of nitrogens with one attached hydrogen (secondary N) is 4. The summed E-state index contributed by atoms with van der Waals surface area (Å²) in [6.07, 6.45) is 1.61. The van der Waals surface area contributed by atoms with Crippen LogP contribution in [0.2, 0.25) is 0 Å². The number of benzene rings is 1. The summed E-state index contributed by atoms with van der Waals surface area (Å²) in [5.74, 6) is 0.795. The number of aromatic nitrogens is 2. The average molecular weight is 367 g/mol. The number of halogens is 1. The lowest BCUT2D eigenvalue weighted by molar-refractivity contribution is 0.503. The highest BCUT2D eigenvalue weighted by molar-refractivity contribution is 9.10. The van der Waals surface area contributed by atoms with Gasteiger partial charge in [0.15, 0.2) is 5.11 Å². The molecule has 0 atom stereocenters. The van der Waals surface area contributed by atoms with E-state index in [1.54, 1.807) is 12.3 Å². The van der Waals surface area contributed by atoms with E-state index in [0.717, 1.165) is 21.4 Å². The lowest BCUT2D eigenvalue weighted by Gasteiger charge is -2.11. The fourth-order valence-corrected chi connectivity index (χ4v) is 2.52. The van der Waals surface area contributed by atoms with Gasteiger partial charge in [-0.1, -0.05) is 0 Å². The summed E-state index contributed by atoms with van der Waals surface area (Å²) in [6, 6.07) is 7.30. The van der Waals surface area contributed by atoms with Crippen LogP contribution in [0, 0.1) is 0 Å². The second-order valence-corrected chi connectivity index (χ2v) is 5.61. The van der Waals surface area contributed by atoms with E-state index in [4.69, 9.17) is 16.6 Å². The fourth-order valence-electron chi connectivity index (χ4n) is 1.90. The van der Waals surface area contributed by atoms with Crippen molar-refractivity contribution in [2.75, 3.05) is 5.32 Å². The lowest BCUT2D eigenvalue weighted by Crippen LogP contribution is -2.27. The van der Waals surface area contributed by atoms with Crippen LogP contribution in [0.15, 0.2) is 44.2 Å². The Balaban J connectivity index is 1.73. The number of rotatable bonds is 3. The monoisotopic (exact) mass is 366 g/mol. The minimum atomic E-state index is -0.243. The minimum absolute atomic E-state index is 0.243. The molecule has 0 aliphatic heterocycles. The molecule has 0 fully saturated rings. The van der Waals surface area contributed by atoms with Crippen LogP contribution in [-0.4, -0.2) is 15.1 Å².